The summed E-state index contributed by atoms with van der Waals surface area (Å²) >= 11 is 0. The first-order valence-corrected chi connectivity index (χ1v) is 39.2. The topological polar surface area (TPSA) is 0 Å². The lowest BCUT2D eigenvalue weighted by Gasteiger charge is -2.25. The molecule has 0 saturated heterocycles. The Bertz CT molecular complexity index is 6990. The molecule has 0 aliphatic rings. The van der Waals surface area contributed by atoms with Gasteiger partial charge in [0.15, 0.2) is 0 Å². The lowest BCUT2D eigenvalue weighted by atomic mass is 9.77. The Hall–Kier alpha value is -14.6. The maximum absolute atomic E-state index is 2.36. The summed E-state index contributed by atoms with van der Waals surface area (Å²) in [7, 11) is 0. The Kier molecular flexibility index (Phi) is 17.7. The zero-order chi connectivity index (χ0) is 75.1. The van der Waals surface area contributed by atoms with E-state index in [1.165, 1.54) is 213 Å². The van der Waals surface area contributed by atoms with Gasteiger partial charge in [-0.05, 0) is 233 Å². The molecule has 0 fully saturated rings. The molecule has 0 amide bonds. The zero-order valence-corrected chi connectivity index (χ0v) is 62.6. The Balaban J connectivity index is 0.000000111. The minimum atomic E-state index is 1.23. The summed E-state index contributed by atoms with van der Waals surface area (Å²) in [6.07, 6.45) is 0. The Morgan fingerprint density at radius 3 is 0.611 bits per heavy atom. The van der Waals surface area contributed by atoms with Gasteiger partial charge in [-0.3, -0.25) is 0 Å². The van der Waals surface area contributed by atoms with E-state index in [0.29, 0.717) is 0 Å². The molecule has 22 aromatic rings. The molecule has 0 atom stereocenters. The molecule has 0 aliphatic heterocycles. The molecular weight excluding hydrogens is 1360 g/mol. The van der Waals surface area contributed by atoms with Crippen molar-refractivity contribution in [2.24, 2.45) is 0 Å². The van der Waals surface area contributed by atoms with Crippen LogP contribution in [0.4, 0.5) is 0 Å². The monoisotopic (exact) mass is 1430 g/mol. The van der Waals surface area contributed by atoms with Crippen molar-refractivity contribution >= 4 is 108 Å². The van der Waals surface area contributed by atoms with Gasteiger partial charge >= 0.3 is 0 Å². The van der Waals surface area contributed by atoms with Crippen LogP contribution in [0.15, 0.2) is 443 Å². The number of fused-ring (bicyclic) bond motifs is 10. The van der Waals surface area contributed by atoms with Crippen LogP contribution in [-0.4, -0.2) is 0 Å². The molecule has 0 unspecified atom stereocenters. The van der Waals surface area contributed by atoms with Crippen molar-refractivity contribution in [3.63, 3.8) is 0 Å². The summed E-state index contributed by atoms with van der Waals surface area (Å²) in [6.45, 7) is 2.19. The molecule has 0 N–H and O–H groups in total. The molecule has 528 valence electrons. The van der Waals surface area contributed by atoms with Crippen molar-refractivity contribution in [1.29, 1.82) is 0 Å². The zero-order valence-electron chi connectivity index (χ0n) is 62.6. The Morgan fingerprint density at radius 1 is 0.115 bits per heavy atom. The van der Waals surface area contributed by atoms with E-state index in [4.69, 9.17) is 0 Å². The summed E-state index contributed by atoms with van der Waals surface area (Å²) in [5, 5.41) is 25.6. The van der Waals surface area contributed by atoms with Gasteiger partial charge in [0.2, 0.25) is 0 Å². The van der Waals surface area contributed by atoms with Gasteiger partial charge < -0.3 is 0 Å². The van der Waals surface area contributed by atoms with Gasteiger partial charge in [0.25, 0.3) is 0 Å². The number of hydrogen-bond acceptors (Lipinski definition) is 0. The van der Waals surface area contributed by atoms with Gasteiger partial charge in [0.05, 0.1) is 0 Å². The van der Waals surface area contributed by atoms with Gasteiger partial charge in [-0.25, -0.2) is 0 Å². The smallest absolute Gasteiger partial charge is 0.000139 e. The Labute approximate surface area is 658 Å². The van der Waals surface area contributed by atoms with E-state index in [1.807, 2.05) is 0 Å². The summed E-state index contributed by atoms with van der Waals surface area (Å²) in [5.41, 5.74) is 24.0. The van der Waals surface area contributed by atoms with Gasteiger partial charge in [0, 0.05) is 0 Å². The maximum Gasteiger partial charge on any atom is -0.000139 e. The first-order chi connectivity index (χ1) is 56.0. The van der Waals surface area contributed by atoms with Crippen LogP contribution in [0, 0.1) is 6.92 Å². The van der Waals surface area contributed by atoms with E-state index in [-0.39, 0.29) is 0 Å². The van der Waals surface area contributed by atoms with Crippen molar-refractivity contribution in [2.75, 3.05) is 0 Å². The van der Waals surface area contributed by atoms with E-state index >= 15 is 0 Å². The lowest BCUT2D eigenvalue weighted by molar-refractivity contribution is 1.51. The molecular formula is C113H76. The van der Waals surface area contributed by atoms with Crippen LogP contribution in [0.1, 0.15) is 5.56 Å². The lowest BCUT2D eigenvalue weighted by Crippen LogP contribution is -1.97. The van der Waals surface area contributed by atoms with Gasteiger partial charge in [-0.2, -0.15) is 0 Å². The van der Waals surface area contributed by atoms with Crippen LogP contribution < -0.4 is 0 Å². The van der Waals surface area contributed by atoms with Crippen LogP contribution in [0.3, 0.4) is 0 Å². The highest BCUT2D eigenvalue weighted by atomic mass is 14.3. The average molecular weight is 1430 g/mol. The summed E-state index contributed by atoms with van der Waals surface area (Å²) < 4.78 is 0. The normalized spacial score (nSPS) is 11.4. The fourth-order valence-electron chi connectivity index (χ4n) is 17.9. The number of aryl methyl sites for hydroxylation is 1. The molecule has 0 bridgehead atoms. The van der Waals surface area contributed by atoms with E-state index in [1.54, 1.807) is 0 Å². The quantitative estimate of drug-likeness (QED) is 0.126. The van der Waals surface area contributed by atoms with Crippen LogP contribution in [-0.2, 0) is 0 Å². The molecule has 0 spiro atoms. The van der Waals surface area contributed by atoms with E-state index < -0.39 is 0 Å². The van der Waals surface area contributed by atoms with Gasteiger partial charge in [0.1, 0.15) is 0 Å². The molecule has 0 heteroatoms. The van der Waals surface area contributed by atoms with Crippen molar-refractivity contribution < 1.29 is 0 Å². The third kappa shape index (κ3) is 12.4. The highest BCUT2D eigenvalue weighted by molar-refractivity contribution is 6.34. The summed E-state index contributed by atoms with van der Waals surface area (Å²) in [6, 6.07) is 161. The highest BCUT2D eigenvalue weighted by Crippen LogP contribution is 2.54. The van der Waals surface area contributed by atoms with Crippen LogP contribution in [0.5, 0.6) is 0 Å². The summed E-state index contributed by atoms with van der Waals surface area (Å²) in [5.74, 6) is 0. The third-order valence-corrected chi connectivity index (χ3v) is 22.9. The van der Waals surface area contributed by atoms with Crippen LogP contribution >= 0.6 is 0 Å². The largest absolute Gasteiger partial charge is 0.0622 e. The second kappa shape index (κ2) is 29.4. The predicted octanol–water partition coefficient (Wildman–Crippen LogP) is 31.9. The van der Waals surface area contributed by atoms with Gasteiger partial charge in [-0.1, -0.05) is 430 Å². The molecule has 0 nitrogen and oxygen atoms in total. The molecule has 22 rings (SSSR count). The molecule has 0 aliphatic carbocycles. The number of hydrogen-bond donors (Lipinski definition) is 0. The molecule has 0 radical (unpaired) electrons. The van der Waals surface area contributed by atoms with Crippen molar-refractivity contribution in [1.82, 2.24) is 0 Å². The molecule has 0 heterocycles. The maximum atomic E-state index is 2.36. The molecule has 113 heavy (non-hydrogen) atoms. The average Bonchev–Trinajstić information content (AvgIpc) is 0.700. The van der Waals surface area contributed by atoms with Crippen LogP contribution in [0.2, 0.25) is 0 Å². The first kappa shape index (κ1) is 67.8. The minimum Gasteiger partial charge on any atom is -0.0622 e. The second-order valence-electron chi connectivity index (χ2n) is 29.6. The SMILES string of the molecule is Cc1ccc2c(-c3ccc4ccccc4c3)c3ccccc3c(-c3ccc4ccccc4c3)c2c1.c1ccc(-c2c3ccccc3c(-c3ccccc3)c3c(-c4ccccc4)c4ccccc4c(-c4ccccc4)c23)cc1.c1ccc(-c2ccc(-c3c4ccccc4c(-c4ccc5ccccc5c4)c4ccccc34)cc2)cc1. The van der Waals surface area contributed by atoms with Crippen molar-refractivity contribution in [2.45, 2.75) is 6.92 Å². The fraction of sp³-hybridized carbons (Fsp3) is 0.00885. The third-order valence-electron chi connectivity index (χ3n) is 22.9. The molecule has 0 saturated carbocycles. The van der Waals surface area contributed by atoms with E-state index in [9.17, 15) is 0 Å². The second-order valence-corrected chi connectivity index (χ2v) is 29.6. The predicted molar refractivity (Wildman–Crippen MR) is 488 cm³/mol. The van der Waals surface area contributed by atoms with Crippen molar-refractivity contribution in [3.8, 4) is 100 Å². The Morgan fingerprint density at radius 2 is 0.310 bits per heavy atom. The molecule has 22 aromatic carbocycles. The standard InChI is InChI=1S/C42H28.C36H24.C35H24/c1-5-17-29(18-6-1)37-33-25-13-14-26-34(33)39(31-21-9-3-10-22-31)42-40(32-23-11-4-12-24-32)36-28-16-15-27-35(36)38(41(37)42)30-19-7-2-8-20-30;1-2-10-25(11-3-1)27-18-21-28(22-19-27)35-31-14-6-8-16-33(31)36(34-17-9-7-15-32(34)35)30-23-20-26-12-4-5-13-29(26)24-30;1-23-14-19-32-33(20-23)35(29-18-16-25-9-3-5-11-27(25)22-29)31-13-7-6-12-30(31)34(32)28-17-15-24-8-2-4-10-26(24)21-28/h1-28H;1-24H;2-22H,1H3. The first-order valence-electron chi connectivity index (χ1n) is 39.2. The van der Waals surface area contributed by atoms with Crippen molar-refractivity contribution in [3.05, 3.63) is 448 Å². The minimum absolute atomic E-state index is 1.23. The molecule has 0 aromatic heterocycles. The van der Waals surface area contributed by atoms with E-state index in [0.717, 1.165) is 0 Å². The fourth-order valence-corrected chi connectivity index (χ4v) is 17.9. The van der Waals surface area contributed by atoms with Gasteiger partial charge in [-0.15, -0.1) is 0 Å². The number of rotatable bonds is 9. The highest BCUT2D eigenvalue weighted by Gasteiger charge is 2.27. The van der Waals surface area contributed by atoms with E-state index in [2.05, 4.69) is 450 Å². The number of benzene rings is 22. The summed E-state index contributed by atoms with van der Waals surface area (Å²) in [4.78, 5) is 0. The van der Waals surface area contributed by atoms with Crippen LogP contribution in [0.25, 0.3) is 208 Å².